The van der Waals surface area contributed by atoms with Gasteiger partial charge in [0, 0.05) is 18.8 Å². The molecule has 0 spiro atoms. The van der Waals surface area contributed by atoms with E-state index in [1.165, 1.54) is 49.9 Å². The van der Waals surface area contributed by atoms with Gasteiger partial charge in [-0.3, -0.25) is 0 Å². The van der Waals surface area contributed by atoms with Crippen LogP contribution >= 0.6 is 0 Å². The molecule has 0 saturated heterocycles. The molecular formula is C15H23NO. The average molecular weight is 233 g/mol. The van der Waals surface area contributed by atoms with Crippen LogP contribution in [0.5, 0.6) is 0 Å². The standard InChI is InChI=1S/C15H23NO/c1-2-3-4-9-16-10-5-6-14-8-7-13(12-17)11-15(14)16/h7-8,11,17H,2-6,9-10,12H2,1H3. The van der Waals surface area contributed by atoms with Crippen molar-refractivity contribution in [1.82, 2.24) is 0 Å². The molecule has 0 radical (unpaired) electrons. The lowest BCUT2D eigenvalue weighted by atomic mass is 9.99. The van der Waals surface area contributed by atoms with Crippen LogP contribution in [0.15, 0.2) is 18.2 Å². The van der Waals surface area contributed by atoms with Crippen molar-refractivity contribution < 1.29 is 5.11 Å². The van der Waals surface area contributed by atoms with Crippen molar-refractivity contribution in [1.29, 1.82) is 0 Å². The van der Waals surface area contributed by atoms with Gasteiger partial charge in [-0.15, -0.1) is 0 Å². The van der Waals surface area contributed by atoms with Gasteiger partial charge in [-0.2, -0.15) is 0 Å². The van der Waals surface area contributed by atoms with E-state index >= 15 is 0 Å². The molecule has 0 unspecified atom stereocenters. The Kier molecular flexibility index (Phi) is 4.43. The van der Waals surface area contributed by atoms with Gasteiger partial charge in [-0.25, -0.2) is 0 Å². The number of nitrogens with zero attached hydrogens (tertiary/aromatic N) is 1. The Balaban J connectivity index is 2.11. The molecule has 1 aromatic carbocycles. The molecule has 2 heteroatoms. The molecular weight excluding hydrogens is 210 g/mol. The first-order valence-electron chi connectivity index (χ1n) is 6.82. The number of fused-ring (bicyclic) bond motifs is 1. The van der Waals surface area contributed by atoms with Gasteiger partial charge in [0.15, 0.2) is 0 Å². The second-order valence-electron chi connectivity index (χ2n) is 4.92. The normalized spacial score (nSPS) is 14.8. The van der Waals surface area contributed by atoms with E-state index in [0.29, 0.717) is 0 Å². The van der Waals surface area contributed by atoms with Crippen molar-refractivity contribution in [3.05, 3.63) is 29.3 Å². The SMILES string of the molecule is CCCCCN1CCCc2ccc(CO)cc21. The summed E-state index contributed by atoms with van der Waals surface area (Å²) < 4.78 is 0. The van der Waals surface area contributed by atoms with Gasteiger partial charge in [0.25, 0.3) is 0 Å². The van der Waals surface area contributed by atoms with Gasteiger partial charge in [-0.05, 0) is 36.5 Å². The Labute approximate surface area is 104 Å². The molecule has 0 saturated carbocycles. The van der Waals surface area contributed by atoms with Crippen LogP contribution in [0.2, 0.25) is 0 Å². The largest absolute Gasteiger partial charge is 0.392 e. The summed E-state index contributed by atoms with van der Waals surface area (Å²) in [6.07, 6.45) is 6.31. The Morgan fingerprint density at radius 2 is 2.18 bits per heavy atom. The van der Waals surface area contributed by atoms with Crippen LogP contribution in [-0.4, -0.2) is 18.2 Å². The second-order valence-corrected chi connectivity index (χ2v) is 4.92. The van der Waals surface area contributed by atoms with Crippen molar-refractivity contribution in [2.24, 2.45) is 0 Å². The van der Waals surface area contributed by atoms with Crippen LogP contribution in [0.3, 0.4) is 0 Å². The zero-order valence-electron chi connectivity index (χ0n) is 10.8. The number of hydrogen-bond donors (Lipinski definition) is 1. The highest BCUT2D eigenvalue weighted by Gasteiger charge is 2.16. The van der Waals surface area contributed by atoms with E-state index in [-0.39, 0.29) is 6.61 Å². The summed E-state index contributed by atoms with van der Waals surface area (Å²) in [4.78, 5) is 2.49. The van der Waals surface area contributed by atoms with E-state index in [9.17, 15) is 5.11 Å². The highest BCUT2D eigenvalue weighted by Crippen LogP contribution is 2.28. The Morgan fingerprint density at radius 3 is 2.94 bits per heavy atom. The van der Waals surface area contributed by atoms with E-state index in [1.54, 1.807) is 0 Å². The fourth-order valence-electron chi connectivity index (χ4n) is 2.58. The van der Waals surface area contributed by atoms with Gasteiger partial charge in [0.1, 0.15) is 0 Å². The predicted octanol–water partition coefficient (Wildman–Crippen LogP) is 3.12. The third-order valence-electron chi connectivity index (χ3n) is 3.58. The highest BCUT2D eigenvalue weighted by atomic mass is 16.3. The minimum atomic E-state index is 0.149. The molecule has 0 atom stereocenters. The third kappa shape index (κ3) is 3.01. The van der Waals surface area contributed by atoms with Crippen molar-refractivity contribution in [3.8, 4) is 0 Å². The molecule has 0 aromatic heterocycles. The fourth-order valence-corrected chi connectivity index (χ4v) is 2.58. The molecule has 94 valence electrons. The van der Waals surface area contributed by atoms with E-state index in [0.717, 1.165) is 12.1 Å². The van der Waals surface area contributed by atoms with Crippen molar-refractivity contribution in [2.75, 3.05) is 18.0 Å². The number of rotatable bonds is 5. The topological polar surface area (TPSA) is 23.5 Å². The highest BCUT2D eigenvalue weighted by molar-refractivity contribution is 5.57. The van der Waals surface area contributed by atoms with Gasteiger partial charge in [0.2, 0.25) is 0 Å². The summed E-state index contributed by atoms with van der Waals surface area (Å²) in [5, 5.41) is 9.22. The van der Waals surface area contributed by atoms with E-state index in [2.05, 4.69) is 24.0 Å². The predicted molar refractivity (Wildman–Crippen MR) is 72.4 cm³/mol. The lowest BCUT2D eigenvalue weighted by Gasteiger charge is -2.31. The van der Waals surface area contributed by atoms with Gasteiger partial charge in [0.05, 0.1) is 6.61 Å². The summed E-state index contributed by atoms with van der Waals surface area (Å²) in [6, 6.07) is 6.40. The molecule has 2 nitrogen and oxygen atoms in total. The van der Waals surface area contributed by atoms with E-state index < -0.39 is 0 Å². The minimum absolute atomic E-state index is 0.149. The molecule has 2 rings (SSSR count). The smallest absolute Gasteiger partial charge is 0.0682 e. The van der Waals surface area contributed by atoms with E-state index in [4.69, 9.17) is 0 Å². The van der Waals surface area contributed by atoms with Crippen molar-refractivity contribution in [2.45, 2.75) is 45.6 Å². The number of anilines is 1. The second kappa shape index (κ2) is 6.06. The molecule has 0 bridgehead atoms. The monoisotopic (exact) mass is 233 g/mol. The van der Waals surface area contributed by atoms with Crippen LogP contribution in [0.25, 0.3) is 0 Å². The average Bonchev–Trinajstić information content (AvgIpc) is 2.39. The van der Waals surface area contributed by atoms with Crippen LogP contribution in [-0.2, 0) is 13.0 Å². The van der Waals surface area contributed by atoms with Crippen molar-refractivity contribution in [3.63, 3.8) is 0 Å². The number of benzene rings is 1. The zero-order valence-corrected chi connectivity index (χ0v) is 10.8. The molecule has 1 aromatic rings. The summed E-state index contributed by atoms with van der Waals surface area (Å²) in [5.74, 6) is 0. The summed E-state index contributed by atoms with van der Waals surface area (Å²) in [6.45, 7) is 4.73. The van der Waals surface area contributed by atoms with Gasteiger partial charge >= 0.3 is 0 Å². The lowest BCUT2D eigenvalue weighted by Crippen LogP contribution is -2.30. The van der Waals surface area contributed by atoms with E-state index in [1.807, 2.05) is 6.07 Å². The van der Waals surface area contributed by atoms with Crippen molar-refractivity contribution >= 4 is 5.69 Å². The molecule has 1 N–H and O–H groups in total. The first kappa shape index (κ1) is 12.4. The third-order valence-corrected chi connectivity index (χ3v) is 3.58. The Hall–Kier alpha value is -1.02. The molecule has 1 aliphatic heterocycles. The van der Waals surface area contributed by atoms with Gasteiger partial charge < -0.3 is 10.0 Å². The molecule has 0 aliphatic carbocycles. The quantitative estimate of drug-likeness (QED) is 0.790. The maximum Gasteiger partial charge on any atom is 0.0682 e. The molecule has 1 aliphatic rings. The van der Waals surface area contributed by atoms with Gasteiger partial charge in [-0.1, -0.05) is 31.9 Å². The number of aryl methyl sites for hydroxylation is 1. The number of aliphatic hydroxyl groups excluding tert-OH is 1. The first-order valence-corrected chi connectivity index (χ1v) is 6.82. The maximum absolute atomic E-state index is 9.22. The minimum Gasteiger partial charge on any atom is -0.392 e. The fraction of sp³-hybridized carbons (Fsp3) is 0.600. The van der Waals surface area contributed by atoms with Crippen LogP contribution in [0.4, 0.5) is 5.69 Å². The Morgan fingerprint density at radius 1 is 1.29 bits per heavy atom. The molecule has 0 amide bonds. The summed E-state index contributed by atoms with van der Waals surface area (Å²) in [7, 11) is 0. The lowest BCUT2D eigenvalue weighted by molar-refractivity contribution is 0.282. The first-order chi connectivity index (χ1) is 8.35. The summed E-state index contributed by atoms with van der Waals surface area (Å²) in [5.41, 5.74) is 3.84. The Bertz CT molecular complexity index is 362. The van der Waals surface area contributed by atoms with Crippen LogP contribution < -0.4 is 4.90 Å². The van der Waals surface area contributed by atoms with Crippen LogP contribution in [0, 0.1) is 0 Å². The maximum atomic E-state index is 9.22. The summed E-state index contributed by atoms with van der Waals surface area (Å²) >= 11 is 0. The molecule has 0 fully saturated rings. The molecule has 1 heterocycles. The molecule has 17 heavy (non-hydrogen) atoms. The van der Waals surface area contributed by atoms with Crippen LogP contribution in [0.1, 0.15) is 43.7 Å². The number of unbranched alkanes of at least 4 members (excludes halogenated alkanes) is 2. The zero-order chi connectivity index (χ0) is 12.1. The number of aliphatic hydroxyl groups is 1. The number of hydrogen-bond acceptors (Lipinski definition) is 2.